The van der Waals surface area contributed by atoms with Gasteiger partial charge in [0.15, 0.2) is 5.69 Å². The summed E-state index contributed by atoms with van der Waals surface area (Å²) in [7, 11) is 0. The summed E-state index contributed by atoms with van der Waals surface area (Å²) >= 11 is 1.56. The molecule has 0 fully saturated rings. The quantitative estimate of drug-likeness (QED) is 0.218. The van der Waals surface area contributed by atoms with Crippen molar-refractivity contribution in [2.24, 2.45) is 5.73 Å². The molecule has 3 heterocycles. The molecule has 5 N–H and O–H groups in total. The number of amides is 2. The Bertz CT molecular complexity index is 1630. The number of benzene rings is 2. The number of thiophene rings is 1. The largest absolute Gasteiger partial charge is 0.493 e. The summed E-state index contributed by atoms with van der Waals surface area (Å²) in [5.41, 5.74) is 9.75. The highest BCUT2D eigenvalue weighted by atomic mass is 32.1. The van der Waals surface area contributed by atoms with E-state index in [1.165, 1.54) is 12.1 Å². The van der Waals surface area contributed by atoms with Crippen LogP contribution in [0.15, 0.2) is 60.0 Å². The zero-order valence-electron chi connectivity index (χ0n) is 22.7. The molecule has 0 saturated carbocycles. The van der Waals surface area contributed by atoms with Crippen LogP contribution >= 0.6 is 11.3 Å². The van der Waals surface area contributed by atoms with Crippen molar-refractivity contribution in [2.75, 3.05) is 18.5 Å². The molecule has 4 aromatic rings. The van der Waals surface area contributed by atoms with Crippen LogP contribution in [0.4, 0.5) is 5.69 Å². The Morgan fingerprint density at radius 1 is 1.05 bits per heavy atom. The minimum Gasteiger partial charge on any atom is -0.493 e. The zero-order valence-corrected chi connectivity index (χ0v) is 23.5. The number of carbonyl (C=O) groups excluding carboxylic acids is 2. The van der Waals surface area contributed by atoms with Gasteiger partial charge >= 0.3 is 5.97 Å². The molecule has 9 nitrogen and oxygen atoms in total. The van der Waals surface area contributed by atoms with Gasteiger partial charge < -0.3 is 26.2 Å². The number of aromatic carboxylic acids is 1. The number of carboxylic acids is 1. The van der Waals surface area contributed by atoms with E-state index < -0.39 is 17.8 Å². The van der Waals surface area contributed by atoms with E-state index in [0.29, 0.717) is 36.6 Å². The Kier molecular flexibility index (Phi) is 8.14. The zero-order chi connectivity index (χ0) is 29.1. The number of carboxylic acid groups (broad SMARTS) is 1. The number of ether oxygens (including phenoxy) is 1. The summed E-state index contributed by atoms with van der Waals surface area (Å²) in [4.78, 5) is 43.9. The highest BCUT2D eigenvalue weighted by Gasteiger charge is 2.26. The maximum absolute atomic E-state index is 13.8. The first-order chi connectivity index (χ1) is 19.8. The van der Waals surface area contributed by atoms with E-state index >= 15 is 0 Å². The number of hydrogen-bond donors (Lipinski definition) is 4. The van der Waals surface area contributed by atoms with E-state index in [9.17, 15) is 19.5 Å². The van der Waals surface area contributed by atoms with E-state index in [-0.39, 0.29) is 28.6 Å². The molecule has 41 heavy (non-hydrogen) atoms. The lowest BCUT2D eigenvalue weighted by molar-refractivity contribution is 0.0691. The van der Waals surface area contributed by atoms with Crippen molar-refractivity contribution < 1.29 is 24.2 Å². The average Bonchev–Trinajstić information content (AvgIpc) is 3.36. The van der Waals surface area contributed by atoms with Crippen molar-refractivity contribution >= 4 is 34.8 Å². The molecule has 0 spiro atoms. The highest BCUT2D eigenvalue weighted by Crippen LogP contribution is 2.43. The first-order valence-electron chi connectivity index (χ1n) is 13.3. The normalized spacial score (nSPS) is 12.8. The second-order valence-electron chi connectivity index (χ2n) is 9.79. The number of rotatable bonds is 8. The van der Waals surface area contributed by atoms with Gasteiger partial charge in [-0.2, -0.15) is 0 Å². The monoisotopic (exact) mass is 570 g/mol. The molecule has 2 aromatic carbocycles. The van der Waals surface area contributed by atoms with Crippen LogP contribution in [0.25, 0.3) is 21.6 Å². The lowest BCUT2D eigenvalue weighted by Gasteiger charge is -2.17. The fourth-order valence-electron chi connectivity index (χ4n) is 4.69. The van der Waals surface area contributed by atoms with Gasteiger partial charge in [-0.15, -0.1) is 11.3 Å². The van der Waals surface area contributed by atoms with E-state index in [1.54, 1.807) is 35.6 Å². The molecular formula is C31H30N4O5S. The van der Waals surface area contributed by atoms with Gasteiger partial charge in [0.1, 0.15) is 11.4 Å². The van der Waals surface area contributed by atoms with Crippen LogP contribution in [0.1, 0.15) is 68.8 Å². The van der Waals surface area contributed by atoms with Crippen molar-refractivity contribution in [3.05, 3.63) is 88.1 Å². The number of nitrogens with two attached hydrogens (primary N) is 1. The SMILES string of the molecule is CCCNC(=O)c1ccc(-c2cc3c(cc2C(=O)Nc2ccc(C(C)N)cc2)-c2sccc2CCO3)c(C(=O)O)n1. The number of fused-ring (bicyclic) bond motifs is 3. The summed E-state index contributed by atoms with van der Waals surface area (Å²) in [6, 6.07) is 15.5. The lowest BCUT2D eigenvalue weighted by atomic mass is 9.93. The lowest BCUT2D eigenvalue weighted by Crippen LogP contribution is -2.25. The summed E-state index contributed by atoms with van der Waals surface area (Å²) in [6.45, 7) is 4.67. The van der Waals surface area contributed by atoms with Crippen molar-refractivity contribution in [2.45, 2.75) is 32.7 Å². The number of nitrogens with zero attached hydrogens (tertiary/aromatic N) is 1. The molecule has 210 valence electrons. The molecule has 2 amide bonds. The van der Waals surface area contributed by atoms with Crippen LogP contribution in [0.3, 0.4) is 0 Å². The predicted octanol–water partition coefficient (Wildman–Crippen LogP) is 5.52. The standard InChI is InChI=1S/C31H30N4O5S/c1-3-12-33-30(37)25-9-8-21(27(35-25)31(38)39)22-16-26-24(28-19(10-13-40-26)11-14-41-28)15-23(22)29(36)34-20-6-4-18(5-7-20)17(2)32/h4-9,11,14-17H,3,10,12-13,32H2,1-2H3,(H,33,37)(H,34,36)(H,38,39). The maximum Gasteiger partial charge on any atom is 0.355 e. The second-order valence-corrected chi connectivity index (χ2v) is 10.7. The van der Waals surface area contributed by atoms with Gasteiger partial charge in [0.2, 0.25) is 0 Å². The van der Waals surface area contributed by atoms with Gasteiger partial charge in [-0.3, -0.25) is 9.59 Å². The maximum atomic E-state index is 13.8. The van der Waals surface area contributed by atoms with E-state index in [2.05, 4.69) is 15.6 Å². The smallest absolute Gasteiger partial charge is 0.355 e. The first-order valence-corrected chi connectivity index (χ1v) is 14.2. The van der Waals surface area contributed by atoms with Crippen molar-refractivity contribution in [1.82, 2.24) is 10.3 Å². The minimum atomic E-state index is -1.32. The van der Waals surface area contributed by atoms with Gasteiger partial charge in [0, 0.05) is 51.8 Å². The van der Waals surface area contributed by atoms with Crippen molar-refractivity contribution in [1.29, 1.82) is 0 Å². The molecule has 0 aliphatic carbocycles. The third kappa shape index (κ3) is 5.84. The number of aromatic nitrogens is 1. The van der Waals surface area contributed by atoms with E-state index in [1.807, 2.05) is 37.4 Å². The molecule has 0 radical (unpaired) electrons. The predicted molar refractivity (Wildman–Crippen MR) is 159 cm³/mol. The molecule has 10 heteroatoms. The van der Waals surface area contributed by atoms with Crippen molar-refractivity contribution in [3.63, 3.8) is 0 Å². The van der Waals surface area contributed by atoms with Crippen molar-refractivity contribution in [3.8, 4) is 27.3 Å². The molecule has 1 aliphatic rings. The Hall–Kier alpha value is -4.54. The summed E-state index contributed by atoms with van der Waals surface area (Å²) < 4.78 is 6.08. The van der Waals surface area contributed by atoms with E-state index in [4.69, 9.17) is 10.5 Å². The van der Waals surface area contributed by atoms with E-state index in [0.717, 1.165) is 28.0 Å². The topological polar surface area (TPSA) is 144 Å². The molecule has 1 aliphatic heterocycles. The molecular weight excluding hydrogens is 540 g/mol. The molecule has 1 unspecified atom stereocenters. The second kappa shape index (κ2) is 11.9. The number of hydrogen-bond acceptors (Lipinski definition) is 7. The molecule has 0 bridgehead atoms. The summed E-state index contributed by atoms with van der Waals surface area (Å²) in [5.74, 6) is -1.68. The number of anilines is 1. The Morgan fingerprint density at radius 3 is 2.54 bits per heavy atom. The molecule has 5 rings (SSSR count). The summed E-state index contributed by atoms with van der Waals surface area (Å²) in [5, 5.41) is 17.7. The third-order valence-corrected chi connectivity index (χ3v) is 7.83. The fourth-order valence-corrected chi connectivity index (χ4v) is 5.67. The number of nitrogens with one attached hydrogen (secondary N) is 2. The molecule has 1 atom stereocenters. The van der Waals surface area contributed by atoms with Gasteiger partial charge in [-0.25, -0.2) is 9.78 Å². The number of carbonyl (C=O) groups is 3. The van der Waals surface area contributed by atoms with Gasteiger partial charge in [-0.1, -0.05) is 19.1 Å². The van der Waals surface area contributed by atoms with Crippen LogP contribution in [-0.4, -0.2) is 41.0 Å². The van der Waals surface area contributed by atoms with Crippen LogP contribution < -0.4 is 21.1 Å². The Morgan fingerprint density at radius 2 is 1.83 bits per heavy atom. The van der Waals surface area contributed by atoms with Gasteiger partial charge in [-0.05, 0) is 72.3 Å². The fraction of sp³-hybridized carbons (Fsp3) is 0.226. The molecule has 2 aromatic heterocycles. The first kappa shape index (κ1) is 28.0. The van der Waals surface area contributed by atoms with Crippen LogP contribution in [0, 0.1) is 0 Å². The Balaban J connectivity index is 1.64. The Labute approximate surface area is 241 Å². The highest BCUT2D eigenvalue weighted by molar-refractivity contribution is 7.13. The molecule has 0 saturated heterocycles. The van der Waals surface area contributed by atoms with Crippen LogP contribution in [0.2, 0.25) is 0 Å². The number of pyridine rings is 1. The average molecular weight is 571 g/mol. The minimum absolute atomic E-state index is 0.0194. The van der Waals surface area contributed by atoms with Gasteiger partial charge in [0.05, 0.1) is 6.61 Å². The van der Waals surface area contributed by atoms with Crippen LogP contribution in [-0.2, 0) is 6.42 Å². The third-order valence-electron chi connectivity index (χ3n) is 6.84. The summed E-state index contributed by atoms with van der Waals surface area (Å²) in [6.07, 6.45) is 1.43. The van der Waals surface area contributed by atoms with Gasteiger partial charge in [0.25, 0.3) is 11.8 Å². The van der Waals surface area contributed by atoms with Crippen LogP contribution in [0.5, 0.6) is 5.75 Å².